The first-order valence-corrected chi connectivity index (χ1v) is 11.7. The maximum Gasteiger partial charge on any atom is 0.244 e. The molecule has 1 amide bonds. The van der Waals surface area contributed by atoms with Crippen LogP contribution in [0.15, 0.2) is 40.9 Å². The summed E-state index contributed by atoms with van der Waals surface area (Å²) in [6, 6.07) is 6.51. The van der Waals surface area contributed by atoms with E-state index in [-0.39, 0.29) is 15.8 Å². The molecule has 0 radical (unpaired) electrons. The van der Waals surface area contributed by atoms with Crippen LogP contribution in [0.25, 0.3) is 0 Å². The fraction of sp³-hybridized carbons (Fsp3) is 0.550. The maximum atomic E-state index is 12.8. The van der Waals surface area contributed by atoms with Gasteiger partial charge >= 0.3 is 0 Å². The molecular formula is C20H28ClN3O3S. The number of nitrogens with zero attached hydrogens (tertiary/aromatic N) is 3. The SMILES string of the molecule is CCCN(C(=O)CN1CCN(S(=O)(=O)c2ccccc2Cl)CC1)C1=CCCC1. The van der Waals surface area contributed by atoms with Crippen LogP contribution in [0.2, 0.25) is 5.02 Å². The summed E-state index contributed by atoms with van der Waals surface area (Å²) in [7, 11) is -3.61. The number of allylic oxidation sites excluding steroid dienone is 2. The number of hydrogen-bond donors (Lipinski definition) is 0. The van der Waals surface area contributed by atoms with Crippen LogP contribution in [0.4, 0.5) is 0 Å². The Labute approximate surface area is 172 Å². The molecule has 0 aromatic heterocycles. The van der Waals surface area contributed by atoms with Gasteiger partial charge in [-0.15, -0.1) is 0 Å². The second-order valence-electron chi connectivity index (χ2n) is 7.24. The summed E-state index contributed by atoms with van der Waals surface area (Å²) in [5.41, 5.74) is 1.15. The fourth-order valence-electron chi connectivity index (χ4n) is 3.75. The first kappa shape index (κ1) is 21.3. The highest BCUT2D eigenvalue weighted by Gasteiger charge is 2.31. The second kappa shape index (κ2) is 9.39. The number of carbonyl (C=O) groups excluding carboxylic acids is 1. The zero-order valence-corrected chi connectivity index (χ0v) is 17.9. The lowest BCUT2D eigenvalue weighted by molar-refractivity contribution is -0.130. The van der Waals surface area contributed by atoms with Crippen molar-refractivity contribution in [3.05, 3.63) is 41.1 Å². The average molecular weight is 426 g/mol. The third-order valence-corrected chi connectivity index (χ3v) is 7.66. The van der Waals surface area contributed by atoms with Crippen molar-refractivity contribution < 1.29 is 13.2 Å². The molecule has 1 aliphatic heterocycles. The van der Waals surface area contributed by atoms with E-state index in [2.05, 4.69) is 13.0 Å². The molecule has 2 aliphatic rings. The van der Waals surface area contributed by atoms with Crippen LogP contribution < -0.4 is 0 Å². The van der Waals surface area contributed by atoms with Gasteiger partial charge in [-0.1, -0.05) is 36.7 Å². The van der Waals surface area contributed by atoms with E-state index in [1.807, 2.05) is 9.80 Å². The summed E-state index contributed by atoms with van der Waals surface area (Å²) >= 11 is 6.08. The van der Waals surface area contributed by atoms with Crippen molar-refractivity contribution in [1.29, 1.82) is 0 Å². The van der Waals surface area contributed by atoms with Crippen LogP contribution in [-0.2, 0) is 14.8 Å². The van der Waals surface area contributed by atoms with Crippen molar-refractivity contribution in [2.75, 3.05) is 39.3 Å². The molecule has 154 valence electrons. The zero-order chi connectivity index (χ0) is 20.1. The Morgan fingerprint density at radius 1 is 1.18 bits per heavy atom. The molecule has 0 spiro atoms. The molecule has 0 unspecified atom stereocenters. The van der Waals surface area contributed by atoms with Crippen LogP contribution >= 0.6 is 11.6 Å². The van der Waals surface area contributed by atoms with Crippen LogP contribution in [0.1, 0.15) is 32.6 Å². The van der Waals surface area contributed by atoms with E-state index in [1.165, 1.54) is 10.4 Å². The number of sulfonamides is 1. The second-order valence-corrected chi connectivity index (χ2v) is 9.56. The number of amides is 1. The molecule has 1 aliphatic carbocycles. The maximum absolute atomic E-state index is 12.8. The van der Waals surface area contributed by atoms with Gasteiger partial charge in [0.1, 0.15) is 4.90 Å². The topological polar surface area (TPSA) is 60.9 Å². The minimum atomic E-state index is -3.61. The number of hydrogen-bond acceptors (Lipinski definition) is 4. The standard InChI is InChI=1S/C20H28ClN3O3S/c1-2-11-24(17-7-3-4-8-17)20(25)16-22-12-14-23(15-13-22)28(26,27)19-10-6-5-9-18(19)21/h5-7,9-10H,2-4,8,11-16H2,1H3. The molecule has 1 saturated heterocycles. The number of carbonyl (C=O) groups is 1. The van der Waals surface area contributed by atoms with Crippen LogP contribution in [0.3, 0.4) is 0 Å². The van der Waals surface area contributed by atoms with Crippen LogP contribution in [0, 0.1) is 0 Å². The normalized spacial score (nSPS) is 18.9. The Bertz CT molecular complexity index is 833. The molecule has 0 saturated carbocycles. The summed E-state index contributed by atoms with van der Waals surface area (Å²) < 4.78 is 27.1. The summed E-state index contributed by atoms with van der Waals surface area (Å²) in [6.45, 7) is 4.94. The first-order chi connectivity index (χ1) is 13.4. The summed E-state index contributed by atoms with van der Waals surface area (Å²) in [5.74, 6) is 0.109. The highest BCUT2D eigenvalue weighted by atomic mass is 35.5. The van der Waals surface area contributed by atoms with E-state index in [9.17, 15) is 13.2 Å². The molecule has 3 rings (SSSR count). The van der Waals surface area contributed by atoms with E-state index in [1.54, 1.807) is 18.2 Å². The van der Waals surface area contributed by atoms with Crippen molar-refractivity contribution >= 4 is 27.5 Å². The Morgan fingerprint density at radius 3 is 2.50 bits per heavy atom. The molecule has 1 heterocycles. The molecule has 1 aromatic carbocycles. The molecule has 8 heteroatoms. The molecule has 28 heavy (non-hydrogen) atoms. The zero-order valence-electron chi connectivity index (χ0n) is 16.3. The van der Waals surface area contributed by atoms with E-state index >= 15 is 0 Å². The molecule has 0 N–H and O–H groups in total. The Morgan fingerprint density at radius 2 is 1.89 bits per heavy atom. The quantitative estimate of drug-likeness (QED) is 0.673. The molecule has 1 fully saturated rings. The van der Waals surface area contributed by atoms with Crippen molar-refractivity contribution in [3.63, 3.8) is 0 Å². The van der Waals surface area contributed by atoms with Gasteiger partial charge in [0, 0.05) is 38.4 Å². The van der Waals surface area contributed by atoms with Crippen LogP contribution in [-0.4, -0.2) is 67.7 Å². The third-order valence-electron chi connectivity index (χ3n) is 5.26. The van der Waals surface area contributed by atoms with Gasteiger partial charge in [-0.25, -0.2) is 8.42 Å². The summed E-state index contributed by atoms with van der Waals surface area (Å²) in [5, 5.41) is 0.236. The minimum absolute atomic E-state index is 0.109. The van der Waals surface area contributed by atoms with Gasteiger partial charge in [-0.05, 0) is 37.8 Å². The number of piperazine rings is 1. The van der Waals surface area contributed by atoms with Gasteiger partial charge in [0.25, 0.3) is 0 Å². The Hall–Kier alpha value is -1.41. The minimum Gasteiger partial charge on any atom is -0.315 e. The van der Waals surface area contributed by atoms with Crippen molar-refractivity contribution in [2.24, 2.45) is 0 Å². The predicted octanol–water partition coefficient (Wildman–Crippen LogP) is 2.95. The van der Waals surface area contributed by atoms with E-state index in [0.29, 0.717) is 32.7 Å². The highest BCUT2D eigenvalue weighted by Crippen LogP contribution is 2.25. The van der Waals surface area contributed by atoms with Gasteiger partial charge in [0.15, 0.2) is 0 Å². The van der Waals surface area contributed by atoms with E-state index < -0.39 is 10.0 Å². The van der Waals surface area contributed by atoms with Crippen LogP contribution in [0.5, 0.6) is 0 Å². The predicted molar refractivity (Wildman–Crippen MR) is 111 cm³/mol. The van der Waals surface area contributed by atoms with Gasteiger partial charge in [-0.3, -0.25) is 9.69 Å². The molecule has 0 bridgehead atoms. The molecule has 6 nitrogen and oxygen atoms in total. The fourth-order valence-corrected chi connectivity index (χ4v) is 5.66. The largest absolute Gasteiger partial charge is 0.315 e. The van der Waals surface area contributed by atoms with E-state index in [4.69, 9.17) is 11.6 Å². The van der Waals surface area contributed by atoms with Gasteiger partial charge in [0.2, 0.25) is 15.9 Å². The monoisotopic (exact) mass is 425 g/mol. The molecule has 0 atom stereocenters. The smallest absolute Gasteiger partial charge is 0.244 e. The average Bonchev–Trinajstić information content (AvgIpc) is 3.21. The lowest BCUT2D eigenvalue weighted by Crippen LogP contribution is -2.51. The van der Waals surface area contributed by atoms with E-state index in [0.717, 1.165) is 37.9 Å². The Kier molecular flexibility index (Phi) is 7.15. The van der Waals surface area contributed by atoms with Gasteiger partial charge < -0.3 is 4.90 Å². The lowest BCUT2D eigenvalue weighted by atomic mass is 10.2. The first-order valence-electron chi connectivity index (χ1n) is 9.90. The third kappa shape index (κ3) is 4.76. The molecule has 1 aromatic rings. The summed E-state index contributed by atoms with van der Waals surface area (Å²) in [4.78, 5) is 16.9. The van der Waals surface area contributed by atoms with Gasteiger partial charge in [0.05, 0.1) is 11.6 Å². The lowest BCUT2D eigenvalue weighted by Gasteiger charge is -2.35. The summed E-state index contributed by atoms with van der Waals surface area (Å²) in [6.07, 6.45) is 6.22. The number of rotatable bonds is 7. The number of benzene rings is 1. The highest BCUT2D eigenvalue weighted by molar-refractivity contribution is 7.89. The van der Waals surface area contributed by atoms with Crippen molar-refractivity contribution in [1.82, 2.24) is 14.1 Å². The molecular weight excluding hydrogens is 398 g/mol. The number of halogens is 1. The van der Waals surface area contributed by atoms with Crippen molar-refractivity contribution in [2.45, 2.75) is 37.5 Å². The van der Waals surface area contributed by atoms with Crippen molar-refractivity contribution in [3.8, 4) is 0 Å². The Balaban J connectivity index is 1.59. The van der Waals surface area contributed by atoms with Gasteiger partial charge in [-0.2, -0.15) is 4.31 Å².